The molecule has 1 aromatic rings. The summed E-state index contributed by atoms with van der Waals surface area (Å²) in [5, 5.41) is 9.29. The average Bonchev–Trinajstić information content (AvgIpc) is 2.52. The maximum absolute atomic E-state index is 12.3. The molecular weight excluding hydrogens is 256 g/mol. The number of benzene rings is 1. The summed E-state index contributed by atoms with van der Waals surface area (Å²) in [5.74, 6) is -0.0942. The third-order valence-electron chi connectivity index (χ3n) is 3.63. The number of hydrogen-bond donors (Lipinski definition) is 2. The van der Waals surface area contributed by atoms with Gasteiger partial charge in [-0.05, 0) is 18.4 Å². The van der Waals surface area contributed by atoms with E-state index in [1.165, 1.54) is 5.56 Å². The first kappa shape index (κ1) is 15.0. The molecule has 1 heterocycles. The molecular formula is C15H22N2O3. The molecule has 1 unspecified atom stereocenters. The van der Waals surface area contributed by atoms with E-state index in [0.29, 0.717) is 26.2 Å². The summed E-state index contributed by atoms with van der Waals surface area (Å²) in [5.41, 5.74) is 7.18. The van der Waals surface area contributed by atoms with Crippen molar-refractivity contribution in [3.05, 3.63) is 35.9 Å². The topological polar surface area (TPSA) is 75.8 Å². The zero-order valence-electron chi connectivity index (χ0n) is 11.6. The molecule has 2 atom stereocenters. The second-order valence-electron chi connectivity index (χ2n) is 5.07. The van der Waals surface area contributed by atoms with E-state index >= 15 is 0 Å². The van der Waals surface area contributed by atoms with Crippen LogP contribution in [0.4, 0.5) is 0 Å². The summed E-state index contributed by atoms with van der Waals surface area (Å²) < 4.78 is 5.27. The Hall–Kier alpha value is -1.43. The van der Waals surface area contributed by atoms with Gasteiger partial charge in [-0.2, -0.15) is 0 Å². The minimum Gasteiger partial charge on any atom is -0.394 e. The highest BCUT2D eigenvalue weighted by atomic mass is 16.5. The van der Waals surface area contributed by atoms with Crippen LogP contribution in [0.15, 0.2) is 30.3 Å². The minimum absolute atomic E-state index is 0.0862. The standard InChI is InChI=1S/C15H22N2O3/c16-14(7-6-12-4-2-1-3-5-12)15(19)17-8-9-20-11-13(17)10-18/h1-5,13-14,18H,6-11,16H2/t13?,14-/m0/s1. The number of nitrogens with two attached hydrogens (primary N) is 1. The molecule has 2 rings (SSSR count). The Balaban J connectivity index is 1.87. The lowest BCUT2D eigenvalue weighted by Gasteiger charge is -2.36. The molecule has 5 heteroatoms. The van der Waals surface area contributed by atoms with Crippen LogP contribution in [0.5, 0.6) is 0 Å². The largest absolute Gasteiger partial charge is 0.394 e. The molecule has 5 nitrogen and oxygen atoms in total. The fourth-order valence-corrected chi connectivity index (χ4v) is 2.40. The third-order valence-corrected chi connectivity index (χ3v) is 3.63. The van der Waals surface area contributed by atoms with Crippen LogP contribution in [0.25, 0.3) is 0 Å². The van der Waals surface area contributed by atoms with Gasteiger partial charge >= 0.3 is 0 Å². The first-order chi connectivity index (χ1) is 9.72. The summed E-state index contributed by atoms with van der Waals surface area (Å²) in [6.07, 6.45) is 1.39. The van der Waals surface area contributed by atoms with Crippen LogP contribution in [0.2, 0.25) is 0 Å². The highest BCUT2D eigenvalue weighted by molar-refractivity contribution is 5.82. The Bertz CT molecular complexity index is 424. The summed E-state index contributed by atoms with van der Waals surface area (Å²) in [6, 6.07) is 9.19. The van der Waals surface area contributed by atoms with E-state index in [9.17, 15) is 9.90 Å². The number of rotatable bonds is 5. The van der Waals surface area contributed by atoms with Gasteiger partial charge < -0.3 is 20.5 Å². The van der Waals surface area contributed by atoms with Crippen LogP contribution in [0.1, 0.15) is 12.0 Å². The molecule has 0 spiro atoms. The summed E-state index contributed by atoms with van der Waals surface area (Å²) >= 11 is 0. The lowest BCUT2D eigenvalue weighted by molar-refractivity contribution is -0.143. The second-order valence-corrected chi connectivity index (χ2v) is 5.07. The summed E-state index contributed by atoms with van der Waals surface area (Å²) in [6.45, 7) is 1.31. The SMILES string of the molecule is N[C@@H](CCc1ccccc1)C(=O)N1CCOCC1CO. The van der Waals surface area contributed by atoms with Crippen LogP contribution in [0.3, 0.4) is 0 Å². The lowest BCUT2D eigenvalue weighted by Crippen LogP contribution is -2.55. The van der Waals surface area contributed by atoms with Crippen molar-refractivity contribution < 1.29 is 14.6 Å². The van der Waals surface area contributed by atoms with Gasteiger partial charge in [0.25, 0.3) is 0 Å². The fourth-order valence-electron chi connectivity index (χ4n) is 2.40. The molecule has 1 amide bonds. The Kier molecular flexibility index (Phi) is 5.52. The van der Waals surface area contributed by atoms with Crippen molar-refractivity contribution in [2.45, 2.75) is 24.9 Å². The molecule has 0 radical (unpaired) electrons. The maximum atomic E-state index is 12.3. The molecule has 1 fully saturated rings. The third kappa shape index (κ3) is 3.79. The van der Waals surface area contributed by atoms with Crippen LogP contribution in [0, 0.1) is 0 Å². The van der Waals surface area contributed by atoms with Gasteiger partial charge in [-0.1, -0.05) is 30.3 Å². The van der Waals surface area contributed by atoms with Crippen molar-refractivity contribution in [3.63, 3.8) is 0 Å². The quantitative estimate of drug-likeness (QED) is 0.805. The Morgan fingerprint density at radius 1 is 1.45 bits per heavy atom. The fraction of sp³-hybridized carbons (Fsp3) is 0.533. The van der Waals surface area contributed by atoms with E-state index in [1.54, 1.807) is 4.90 Å². The zero-order valence-corrected chi connectivity index (χ0v) is 11.6. The first-order valence-electron chi connectivity index (χ1n) is 7.01. The molecule has 1 aliphatic rings. The van der Waals surface area contributed by atoms with E-state index < -0.39 is 6.04 Å². The maximum Gasteiger partial charge on any atom is 0.239 e. The molecule has 1 aliphatic heterocycles. The predicted molar refractivity (Wildman–Crippen MR) is 76.1 cm³/mol. The highest BCUT2D eigenvalue weighted by Crippen LogP contribution is 2.11. The number of nitrogens with zero attached hydrogens (tertiary/aromatic N) is 1. The number of carbonyl (C=O) groups excluding carboxylic acids is 1. The monoisotopic (exact) mass is 278 g/mol. The van der Waals surface area contributed by atoms with Gasteiger partial charge in [-0.25, -0.2) is 0 Å². The number of aliphatic hydroxyl groups is 1. The van der Waals surface area contributed by atoms with Crippen molar-refractivity contribution in [1.29, 1.82) is 0 Å². The number of aryl methyl sites for hydroxylation is 1. The normalized spacial score (nSPS) is 20.7. The number of morpholine rings is 1. The number of carbonyl (C=O) groups is 1. The van der Waals surface area contributed by atoms with Crippen LogP contribution >= 0.6 is 0 Å². The van der Waals surface area contributed by atoms with E-state index in [4.69, 9.17) is 10.5 Å². The van der Waals surface area contributed by atoms with Gasteiger partial charge in [-0.3, -0.25) is 4.79 Å². The first-order valence-corrected chi connectivity index (χ1v) is 7.01. The molecule has 110 valence electrons. The van der Waals surface area contributed by atoms with Gasteiger partial charge in [0.2, 0.25) is 5.91 Å². The van der Waals surface area contributed by atoms with Crippen molar-refractivity contribution in [1.82, 2.24) is 4.90 Å². The molecule has 3 N–H and O–H groups in total. The number of ether oxygens (including phenoxy) is 1. The van der Waals surface area contributed by atoms with Crippen molar-refractivity contribution in [2.75, 3.05) is 26.4 Å². The van der Waals surface area contributed by atoms with Gasteiger partial charge in [0.1, 0.15) is 0 Å². The molecule has 20 heavy (non-hydrogen) atoms. The Morgan fingerprint density at radius 3 is 2.90 bits per heavy atom. The van der Waals surface area contributed by atoms with E-state index in [2.05, 4.69) is 0 Å². The molecule has 0 aromatic heterocycles. The smallest absolute Gasteiger partial charge is 0.239 e. The van der Waals surface area contributed by atoms with Crippen LogP contribution < -0.4 is 5.73 Å². The highest BCUT2D eigenvalue weighted by Gasteiger charge is 2.29. The summed E-state index contributed by atoms with van der Waals surface area (Å²) in [7, 11) is 0. The van der Waals surface area contributed by atoms with Gasteiger partial charge in [0, 0.05) is 6.54 Å². The number of aliphatic hydroxyl groups excluding tert-OH is 1. The molecule has 0 saturated carbocycles. The predicted octanol–water partition coefficient (Wildman–Crippen LogP) is 0.166. The van der Waals surface area contributed by atoms with Crippen molar-refractivity contribution in [2.24, 2.45) is 5.73 Å². The van der Waals surface area contributed by atoms with Crippen molar-refractivity contribution >= 4 is 5.91 Å². The molecule has 0 aliphatic carbocycles. The van der Waals surface area contributed by atoms with E-state index in [1.807, 2.05) is 30.3 Å². The molecule has 1 saturated heterocycles. The Morgan fingerprint density at radius 2 is 2.20 bits per heavy atom. The minimum atomic E-state index is -0.526. The Labute approximate surface area is 119 Å². The van der Waals surface area contributed by atoms with Gasteiger partial charge in [0.15, 0.2) is 0 Å². The molecule has 1 aromatic carbocycles. The zero-order chi connectivity index (χ0) is 14.4. The lowest BCUT2D eigenvalue weighted by atomic mass is 10.0. The van der Waals surface area contributed by atoms with Gasteiger partial charge in [-0.15, -0.1) is 0 Å². The molecule has 0 bridgehead atoms. The number of amides is 1. The van der Waals surface area contributed by atoms with E-state index in [0.717, 1.165) is 6.42 Å². The van der Waals surface area contributed by atoms with Crippen LogP contribution in [-0.2, 0) is 16.0 Å². The van der Waals surface area contributed by atoms with Crippen LogP contribution in [-0.4, -0.2) is 54.4 Å². The van der Waals surface area contributed by atoms with Gasteiger partial charge in [0.05, 0.1) is 31.9 Å². The van der Waals surface area contributed by atoms with Crippen molar-refractivity contribution in [3.8, 4) is 0 Å². The second kappa shape index (κ2) is 7.38. The summed E-state index contributed by atoms with van der Waals surface area (Å²) in [4.78, 5) is 14.0. The van der Waals surface area contributed by atoms with E-state index in [-0.39, 0.29) is 18.6 Å². The number of hydrogen-bond acceptors (Lipinski definition) is 4. The average molecular weight is 278 g/mol.